The number of hydrogen-bond donors (Lipinski definition) is 1. The highest BCUT2D eigenvalue weighted by atomic mass is 32.2. The van der Waals surface area contributed by atoms with Gasteiger partial charge in [-0.3, -0.25) is 0 Å². The average molecular weight is 353 g/mol. The quantitative estimate of drug-likeness (QED) is 0.564. The normalized spacial score (nSPS) is 12.2. The zero-order valence-corrected chi connectivity index (χ0v) is 14.9. The molecule has 0 saturated heterocycles. The number of benzene rings is 2. The first-order valence-corrected chi connectivity index (χ1v) is 9.30. The van der Waals surface area contributed by atoms with Gasteiger partial charge in [0.1, 0.15) is 0 Å². The fourth-order valence-corrected chi connectivity index (χ4v) is 3.20. The Morgan fingerprint density at radius 2 is 1.56 bits per heavy atom. The molecule has 3 aromatic rings. The van der Waals surface area contributed by atoms with Crippen molar-refractivity contribution in [1.82, 2.24) is 9.40 Å². The van der Waals surface area contributed by atoms with Crippen molar-refractivity contribution in [2.75, 3.05) is 0 Å². The van der Waals surface area contributed by atoms with Gasteiger partial charge in [0.05, 0.1) is 10.6 Å². The van der Waals surface area contributed by atoms with Gasteiger partial charge in [0.15, 0.2) is 0 Å². The Hall–Kier alpha value is -2.86. The summed E-state index contributed by atoms with van der Waals surface area (Å²) in [5, 5.41) is 4.03. The minimum absolute atomic E-state index is 0.192. The van der Waals surface area contributed by atoms with E-state index in [4.69, 9.17) is 0 Å². The molecule has 0 spiro atoms. The van der Waals surface area contributed by atoms with Gasteiger partial charge in [-0.25, -0.2) is 0 Å². The first-order valence-electron chi connectivity index (χ1n) is 7.82. The van der Waals surface area contributed by atoms with Crippen molar-refractivity contribution < 1.29 is 8.42 Å². The molecule has 6 heteroatoms. The van der Waals surface area contributed by atoms with Gasteiger partial charge in [-0.15, -0.1) is 0 Å². The third kappa shape index (κ3) is 3.97. The topological polar surface area (TPSA) is 63.5 Å². The Kier molecular flexibility index (Phi) is 4.72. The van der Waals surface area contributed by atoms with E-state index in [2.05, 4.69) is 9.93 Å². The third-order valence-electron chi connectivity index (χ3n) is 3.85. The Bertz CT molecular complexity index is 972. The first-order chi connectivity index (χ1) is 12.0. The predicted octanol–water partition coefficient (Wildman–Crippen LogP) is 3.49. The number of hydrazone groups is 1. The van der Waals surface area contributed by atoms with E-state index in [0.29, 0.717) is 5.71 Å². The molecule has 0 radical (unpaired) electrons. The Labute approximate surface area is 147 Å². The summed E-state index contributed by atoms with van der Waals surface area (Å²) in [6.45, 7) is 3.67. The number of nitrogens with zero attached hydrogens (tertiary/aromatic N) is 2. The van der Waals surface area contributed by atoms with Crippen LogP contribution in [0.5, 0.6) is 0 Å². The average Bonchev–Trinajstić information content (AvgIpc) is 3.15. The van der Waals surface area contributed by atoms with Crippen molar-refractivity contribution in [3.8, 4) is 5.69 Å². The highest BCUT2D eigenvalue weighted by molar-refractivity contribution is 7.89. The van der Waals surface area contributed by atoms with Gasteiger partial charge in [0.2, 0.25) is 0 Å². The van der Waals surface area contributed by atoms with Gasteiger partial charge < -0.3 is 4.57 Å². The number of aromatic nitrogens is 1. The Morgan fingerprint density at radius 3 is 2.16 bits per heavy atom. The van der Waals surface area contributed by atoms with Crippen LogP contribution in [0.3, 0.4) is 0 Å². The molecule has 0 atom stereocenters. The molecule has 0 amide bonds. The Balaban J connectivity index is 1.76. The highest BCUT2D eigenvalue weighted by Gasteiger charge is 2.12. The largest absolute Gasteiger partial charge is 0.324 e. The summed E-state index contributed by atoms with van der Waals surface area (Å²) in [4.78, 5) is 2.48. The van der Waals surface area contributed by atoms with Crippen LogP contribution in [0.25, 0.3) is 5.69 Å². The number of sulfonamides is 1. The van der Waals surface area contributed by atoms with Crippen LogP contribution in [-0.4, -0.2) is 18.7 Å². The van der Waals surface area contributed by atoms with Crippen molar-refractivity contribution in [3.05, 3.63) is 84.2 Å². The minimum atomic E-state index is -3.67. The van der Waals surface area contributed by atoms with E-state index in [-0.39, 0.29) is 4.90 Å². The van der Waals surface area contributed by atoms with Gasteiger partial charge >= 0.3 is 0 Å². The van der Waals surface area contributed by atoms with E-state index in [1.54, 1.807) is 31.2 Å². The fourth-order valence-electron chi connectivity index (χ4n) is 2.34. The van der Waals surface area contributed by atoms with Crippen LogP contribution in [0, 0.1) is 6.92 Å². The van der Waals surface area contributed by atoms with Crippen LogP contribution in [-0.2, 0) is 10.0 Å². The van der Waals surface area contributed by atoms with E-state index < -0.39 is 10.0 Å². The third-order valence-corrected chi connectivity index (χ3v) is 5.08. The highest BCUT2D eigenvalue weighted by Crippen LogP contribution is 2.12. The molecule has 0 bridgehead atoms. The SMILES string of the molecule is C/C(=N\NS(=O)(=O)c1ccc(C)cc1)c1ccc(-n2cccc2)cc1. The Morgan fingerprint density at radius 1 is 0.960 bits per heavy atom. The molecular weight excluding hydrogens is 334 g/mol. The maximum atomic E-state index is 12.3. The molecule has 0 aliphatic carbocycles. The fraction of sp³-hybridized carbons (Fsp3) is 0.105. The monoisotopic (exact) mass is 353 g/mol. The van der Waals surface area contributed by atoms with E-state index in [1.807, 2.05) is 60.3 Å². The number of hydrogen-bond acceptors (Lipinski definition) is 3. The molecule has 128 valence electrons. The lowest BCUT2D eigenvalue weighted by atomic mass is 10.1. The molecule has 1 aromatic heterocycles. The zero-order valence-electron chi connectivity index (χ0n) is 14.0. The van der Waals surface area contributed by atoms with E-state index in [1.165, 1.54) is 0 Å². The summed E-state index contributed by atoms with van der Waals surface area (Å²) in [6.07, 6.45) is 3.93. The van der Waals surface area contributed by atoms with Crippen molar-refractivity contribution in [2.24, 2.45) is 5.10 Å². The van der Waals surface area contributed by atoms with Crippen LogP contribution in [0.15, 0.2) is 83.1 Å². The first kappa shape index (κ1) is 17.0. The predicted molar refractivity (Wildman–Crippen MR) is 99.5 cm³/mol. The molecule has 1 N–H and O–H groups in total. The lowest BCUT2D eigenvalue weighted by Gasteiger charge is -2.07. The number of rotatable bonds is 5. The van der Waals surface area contributed by atoms with E-state index >= 15 is 0 Å². The second-order valence-electron chi connectivity index (χ2n) is 5.74. The van der Waals surface area contributed by atoms with Crippen molar-refractivity contribution >= 4 is 15.7 Å². The molecular formula is C19H19N3O2S. The van der Waals surface area contributed by atoms with Crippen molar-refractivity contribution in [3.63, 3.8) is 0 Å². The molecule has 0 fully saturated rings. The number of aryl methyl sites for hydroxylation is 1. The van der Waals surface area contributed by atoms with Gasteiger partial charge in [-0.2, -0.15) is 18.4 Å². The maximum absolute atomic E-state index is 12.3. The lowest BCUT2D eigenvalue weighted by molar-refractivity contribution is 0.584. The summed E-state index contributed by atoms with van der Waals surface area (Å²) in [7, 11) is -3.67. The summed E-state index contributed by atoms with van der Waals surface area (Å²) in [5.41, 5.74) is 3.47. The van der Waals surface area contributed by atoms with Crippen LogP contribution in [0.4, 0.5) is 0 Å². The van der Waals surface area contributed by atoms with Crippen LogP contribution in [0.2, 0.25) is 0 Å². The maximum Gasteiger partial charge on any atom is 0.276 e. The second-order valence-corrected chi connectivity index (χ2v) is 7.40. The summed E-state index contributed by atoms with van der Waals surface area (Å²) in [5.74, 6) is 0. The molecule has 0 aliphatic heterocycles. The molecule has 3 rings (SSSR count). The van der Waals surface area contributed by atoms with Crippen LogP contribution < -0.4 is 4.83 Å². The molecule has 0 aliphatic rings. The van der Waals surface area contributed by atoms with Crippen molar-refractivity contribution in [1.29, 1.82) is 0 Å². The lowest BCUT2D eigenvalue weighted by Crippen LogP contribution is -2.20. The van der Waals surface area contributed by atoms with E-state index in [0.717, 1.165) is 16.8 Å². The molecule has 1 heterocycles. The van der Waals surface area contributed by atoms with Crippen molar-refractivity contribution in [2.45, 2.75) is 18.7 Å². The van der Waals surface area contributed by atoms with Crippen LogP contribution in [0.1, 0.15) is 18.1 Å². The molecule has 0 unspecified atom stereocenters. The zero-order chi connectivity index (χ0) is 17.9. The number of nitrogens with one attached hydrogen (secondary N) is 1. The van der Waals surface area contributed by atoms with Gasteiger partial charge in [-0.1, -0.05) is 29.8 Å². The van der Waals surface area contributed by atoms with Gasteiger partial charge in [-0.05, 0) is 55.8 Å². The van der Waals surface area contributed by atoms with Gasteiger partial charge in [0, 0.05) is 18.1 Å². The second kappa shape index (κ2) is 6.94. The smallest absolute Gasteiger partial charge is 0.276 e. The van der Waals surface area contributed by atoms with E-state index in [9.17, 15) is 8.42 Å². The molecule has 5 nitrogen and oxygen atoms in total. The molecule has 0 saturated carbocycles. The summed E-state index contributed by atoms with van der Waals surface area (Å²) >= 11 is 0. The minimum Gasteiger partial charge on any atom is -0.324 e. The standard InChI is InChI=1S/C19H19N3O2S/c1-15-5-11-19(12-6-15)25(23,24)21-20-16(2)17-7-9-18(10-8-17)22-13-3-4-14-22/h3-14,21H,1-2H3/b20-16+. The summed E-state index contributed by atoms with van der Waals surface area (Å²) in [6, 6.07) is 18.3. The molecule has 2 aromatic carbocycles. The summed E-state index contributed by atoms with van der Waals surface area (Å²) < 4.78 is 26.5. The van der Waals surface area contributed by atoms with Crippen LogP contribution >= 0.6 is 0 Å². The molecule has 25 heavy (non-hydrogen) atoms. The van der Waals surface area contributed by atoms with Gasteiger partial charge in [0.25, 0.3) is 10.0 Å².